The van der Waals surface area contributed by atoms with E-state index in [9.17, 15) is 14.4 Å². The normalized spacial score (nSPS) is 15.5. The zero-order valence-corrected chi connectivity index (χ0v) is 28.3. The first kappa shape index (κ1) is 36.1. The van der Waals surface area contributed by atoms with Crippen molar-refractivity contribution in [2.45, 2.75) is 66.0 Å². The van der Waals surface area contributed by atoms with E-state index in [0.29, 0.717) is 36.8 Å². The van der Waals surface area contributed by atoms with Gasteiger partial charge in [0.05, 0.1) is 18.0 Å². The minimum absolute atomic E-state index is 0. The van der Waals surface area contributed by atoms with Gasteiger partial charge in [0.25, 0.3) is 5.56 Å². The molecule has 1 aliphatic carbocycles. The average Bonchev–Trinajstić information content (AvgIpc) is 3.07. The van der Waals surface area contributed by atoms with Crippen LogP contribution in [0.4, 0.5) is 11.4 Å². The van der Waals surface area contributed by atoms with Gasteiger partial charge in [-0.05, 0) is 94.3 Å². The number of aromatic nitrogens is 2. The number of rotatable bonds is 11. The Bertz CT molecular complexity index is 1530. The van der Waals surface area contributed by atoms with E-state index in [1.54, 1.807) is 43.1 Å². The lowest BCUT2D eigenvalue weighted by atomic mass is 9.90. The number of anilines is 2. The molecule has 1 aliphatic heterocycles. The number of carbonyl (C=O) groups is 2. The number of benzene rings is 1. The Hall–Kier alpha value is -3.40. The van der Waals surface area contributed by atoms with E-state index in [1.165, 1.54) is 11.1 Å². The Morgan fingerprint density at radius 1 is 0.933 bits per heavy atom. The summed E-state index contributed by atoms with van der Waals surface area (Å²) in [5.41, 5.74) is 3.76. The van der Waals surface area contributed by atoms with Crippen LogP contribution >= 0.6 is 24.8 Å². The minimum Gasteiger partial charge on any atom is -0.493 e. The van der Waals surface area contributed by atoms with Crippen LogP contribution in [0.25, 0.3) is 0 Å². The van der Waals surface area contributed by atoms with Gasteiger partial charge in [0.15, 0.2) is 0 Å². The van der Waals surface area contributed by atoms with E-state index in [-0.39, 0.29) is 42.2 Å². The van der Waals surface area contributed by atoms with Gasteiger partial charge in [0, 0.05) is 70.0 Å². The van der Waals surface area contributed by atoms with Gasteiger partial charge in [-0.1, -0.05) is 0 Å². The number of hydrogen-bond donors (Lipinski definition) is 0. The van der Waals surface area contributed by atoms with Crippen LogP contribution in [0.1, 0.15) is 56.7 Å². The van der Waals surface area contributed by atoms with Crippen molar-refractivity contribution in [2.75, 3.05) is 43.1 Å². The maximum atomic E-state index is 13.3. The standard InChI is InChI=1S/C34H43N5O4.2ClH/c1-5-39-30-23-27(11-12-29(30)36(4)32(41)34(2,3)33(39)42)43-22-8-18-37(24-25-13-16-35-17-14-25)20-21-38-19-15-26-9-6-7-10-28(26)31(38)40;;/h11-17,19,23H,5-10,18,20-22,24H2,1-4H3;2*1H. The molecule has 11 heteroatoms. The van der Waals surface area contributed by atoms with Crippen LogP contribution < -0.4 is 20.1 Å². The highest BCUT2D eigenvalue weighted by molar-refractivity contribution is 6.20. The first-order valence-corrected chi connectivity index (χ1v) is 15.4. The largest absolute Gasteiger partial charge is 0.493 e. The van der Waals surface area contributed by atoms with Gasteiger partial charge in [-0.25, -0.2) is 0 Å². The second-order valence-corrected chi connectivity index (χ2v) is 12.0. The number of amides is 2. The maximum Gasteiger partial charge on any atom is 0.254 e. The Balaban J connectivity index is 0.00000276. The summed E-state index contributed by atoms with van der Waals surface area (Å²) >= 11 is 0. The number of nitrogens with zero attached hydrogens (tertiary/aromatic N) is 5. The SMILES string of the molecule is CCN1C(=O)C(C)(C)C(=O)N(C)c2ccc(OCCCN(CCn3ccc4c(c3=O)CCCC4)Cc3ccncc3)cc21.Cl.Cl. The number of pyridine rings is 2. The third-order valence-electron chi connectivity index (χ3n) is 8.72. The predicted octanol–water partition coefficient (Wildman–Crippen LogP) is 5.29. The van der Waals surface area contributed by atoms with Crippen molar-refractivity contribution < 1.29 is 14.3 Å². The molecule has 45 heavy (non-hydrogen) atoms. The van der Waals surface area contributed by atoms with Crippen LogP contribution in [0.3, 0.4) is 0 Å². The molecule has 2 aliphatic rings. The zero-order valence-electron chi connectivity index (χ0n) is 26.7. The van der Waals surface area contributed by atoms with E-state index in [1.807, 2.05) is 48.0 Å². The summed E-state index contributed by atoms with van der Waals surface area (Å²) in [7, 11) is 1.71. The fourth-order valence-corrected chi connectivity index (χ4v) is 6.17. The first-order chi connectivity index (χ1) is 20.7. The Morgan fingerprint density at radius 2 is 1.67 bits per heavy atom. The van der Waals surface area contributed by atoms with E-state index >= 15 is 0 Å². The zero-order chi connectivity index (χ0) is 30.6. The Kier molecular flexibility index (Phi) is 12.6. The number of ether oxygens (including phenoxy) is 1. The summed E-state index contributed by atoms with van der Waals surface area (Å²) in [6.45, 7) is 9.14. The predicted molar refractivity (Wildman–Crippen MR) is 183 cm³/mol. The van der Waals surface area contributed by atoms with Crippen LogP contribution in [-0.2, 0) is 35.5 Å². The van der Waals surface area contributed by atoms with E-state index in [0.717, 1.165) is 57.3 Å². The molecule has 0 saturated carbocycles. The van der Waals surface area contributed by atoms with Gasteiger partial charge >= 0.3 is 0 Å². The average molecular weight is 659 g/mol. The van der Waals surface area contributed by atoms with E-state index < -0.39 is 5.41 Å². The second-order valence-electron chi connectivity index (χ2n) is 12.0. The van der Waals surface area contributed by atoms with Crippen LogP contribution in [0.5, 0.6) is 5.75 Å². The molecule has 5 rings (SSSR count). The molecule has 0 fully saturated rings. The molecule has 2 amide bonds. The lowest BCUT2D eigenvalue weighted by Gasteiger charge is -2.27. The maximum absolute atomic E-state index is 13.3. The monoisotopic (exact) mass is 657 g/mol. The van der Waals surface area contributed by atoms with Crippen LogP contribution in [-0.4, -0.2) is 59.6 Å². The smallest absolute Gasteiger partial charge is 0.254 e. The summed E-state index contributed by atoms with van der Waals surface area (Å²) in [4.78, 5) is 49.2. The van der Waals surface area contributed by atoms with Gasteiger partial charge in [0.2, 0.25) is 11.8 Å². The topological polar surface area (TPSA) is 88.0 Å². The van der Waals surface area contributed by atoms with Crippen LogP contribution in [0.15, 0.2) is 59.8 Å². The van der Waals surface area contributed by atoms with Crippen molar-refractivity contribution in [1.29, 1.82) is 0 Å². The number of fused-ring (bicyclic) bond motifs is 2. The molecule has 244 valence electrons. The highest BCUT2D eigenvalue weighted by Gasteiger charge is 2.45. The highest BCUT2D eigenvalue weighted by Crippen LogP contribution is 2.40. The lowest BCUT2D eigenvalue weighted by Crippen LogP contribution is -2.47. The molecule has 0 unspecified atom stereocenters. The second kappa shape index (κ2) is 15.7. The van der Waals surface area contributed by atoms with Crippen molar-refractivity contribution in [3.8, 4) is 5.75 Å². The van der Waals surface area contributed by atoms with Crippen molar-refractivity contribution in [3.63, 3.8) is 0 Å². The summed E-state index contributed by atoms with van der Waals surface area (Å²) in [6, 6.07) is 11.7. The number of halogens is 2. The molecule has 2 aromatic heterocycles. The summed E-state index contributed by atoms with van der Waals surface area (Å²) < 4.78 is 8.03. The van der Waals surface area contributed by atoms with Gasteiger partial charge in [-0.15, -0.1) is 24.8 Å². The summed E-state index contributed by atoms with van der Waals surface area (Å²) in [5.74, 6) is 0.217. The molecule has 0 N–H and O–H groups in total. The number of aryl methyl sites for hydroxylation is 1. The van der Waals surface area contributed by atoms with Gasteiger partial charge < -0.3 is 19.1 Å². The third kappa shape index (κ3) is 7.88. The van der Waals surface area contributed by atoms with Crippen LogP contribution in [0, 0.1) is 5.41 Å². The number of carbonyl (C=O) groups excluding carboxylic acids is 2. The molecular formula is C34H45Cl2N5O4. The molecule has 3 aromatic rings. The van der Waals surface area contributed by atoms with Gasteiger partial charge in [-0.3, -0.25) is 24.3 Å². The molecule has 0 radical (unpaired) electrons. The fraction of sp³-hybridized carbons (Fsp3) is 0.471. The molecule has 0 bridgehead atoms. The third-order valence-corrected chi connectivity index (χ3v) is 8.72. The fourth-order valence-electron chi connectivity index (χ4n) is 6.17. The van der Waals surface area contributed by atoms with E-state index in [2.05, 4.69) is 16.0 Å². The quantitative estimate of drug-likeness (QED) is 0.206. The first-order valence-electron chi connectivity index (χ1n) is 15.4. The minimum atomic E-state index is -1.15. The summed E-state index contributed by atoms with van der Waals surface area (Å²) in [5, 5.41) is 0. The lowest BCUT2D eigenvalue weighted by molar-refractivity contribution is -0.137. The Labute approximate surface area is 278 Å². The van der Waals surface area contributed by atoms with Crippen molar-refractivity contribution in [3.05, 3.63) is 82.0 Å². The molecule has 1 aromatic carbocycles. The van der Waals surface area contributed by atoms with Gasteiger partial charge in [0.1, 0.15) is 11.2 Å². The molecule has 3 heterocycles. The van der Waals surface area contributed by atoms with Gasteiger partial charge in [-0.2, -0.15) is 0 Å². The molecular weight excluding hydrogens is 613 g/mol. The van der Waals surface area contributed by atoms with E-state index in [4.69, 9.17) is 4.74 Å². The van der Waals surface area contributed by atoms with Crippen LogP contribution in [0.2, 0.25) is 0 Å². The molecule has 0 atom stereocenters. The van der Waals surface area contributed by atoms with Crippen molar-refractivity contribution in [2.24, 2.45) is 5.41 Å². The van der Waals surface area contributed by atoms with Crippen molar-refractivity contribution in [1.82, 2.24) is 14.5 Å². The van der Waals surface area contributed by atoms with Crippen molar-refractivity contribution >= 4 is 48.0 Å². The highest BCUT2D eigenvalue weighted by atomic mass is 35.5. The summed E-state index contributed by atoms with van der Waals surface area (Å²) in [6.07, 6.45) is 10.5. The Morgan fingerprint density at radius 3 is 2.40 bits per heavy atom. The number of hydrogen-bond acceptors (Lipinski definition) is 6. The molecule has 9 nitrogen and oxygen atoms in total. The molecule has 0 spiro atoms. The molecule has 0 saturated heterocycles.